The Morgan fingerprint density at radius 2 is 1.72 bits per heavy atom. The van der Waals surface area contributed by atoms with E-state index in [2.05, 4.69) is 5.10 Å². The molecule has 1 aromatic heterocycles. The SMILES string of the molecule is OC(O)c1ccc2c(C(F)(F)F)nn(Cc3c(Cl)cccc3Cl)c2c1. The molecule has 0 bridgehead atoms. The van der Waals surface area contributed by atoms with Crippen molar-refractivity contribution in [3.05, 3.63) is 63.3 Å². The fourth-order valence-electron chi connectivity index (χ4n) is 2.51. The second-order valence-electron chi connectivity index (χ2n) is 5.35. The Morgan fingerprint density at radius 3 is 2.28 bits per heavy atom. The maximum atomic E-state index is 13.3. The number of rotatable bonds is 3. The molecule has 0 saturated heterocycles. The highest BCUT2D eigenvalue weighted by Crippen LogP contribution is 2.36. The maximum absolute atomic E-state index is 13.3. The summed E-state index contributed by atoms with van der Waals surface area (Å²) in [5.41, 5.74) is -0.509. The lowest BCUT2D eigenvalue weighted by Crippen LogP contribution is -2.09. The number of hydrogen-bond donors (Lipinski definition) is 2. The zero-order valence-electron chi connectivity index (χ0n) is 12.4. The molecule has 0 aliphatic carbocycles. The zero-order chi connectivity index (χ0) is 18.4. The Balaban J connectivity index is 2.21. The molecule has 0 radical (unpaired) electrons. The Bertz CT molecular complexity index is 919. The van der Waals surface area contributed by atoms with Gasteiger partial charge in [-0.2, -0.15) is 18.3 Å². The van der Waals surface area contributed by atoms with Gasteiger partial charge in [-0.1, -0.05) is 41.4 Å². The average Bonchev–Trinajstić information content (AvgIpc) is 2.89. The largest absolute Gasteiger partial charge is 0.435 e. The molecule has 2 aromatic carbocycles. The topological polar surface area (TPSA) is 58.3 Å². The van der Waals surface area contributed by atoms with E-state index in [-0.39, 0.29) is 23.0 Å². The van der Waals surface area contributed by atoms with Crippen LogP contribution >= 0.6 is 23.2 Å². The van der Waals surface area contributed by atoms with Gasteiger partial charge in [0.05, 0.1) is 12.1 Å². The first kappa shape index (κ1) is 18.0. The van der Waals surface area contributed by atoms with E-state index in [0.29, 0.717) is 15.6 Å². The number of nitrogens with zero attached hydrogens (tertiary/aromatic N) is 2. The predicted molar refractivity (Wildman–Crippen MR) is 87.5 cm³/mol. The monoisotopic (exact) mass is 390 g/mol. The van der Waals surface area contributed by atoms with Gasteiger partial charge in [0.1, 0.15) is 0 Å². The minimum atomic E-state index is -4.66. The van der Waals surface area contributed by atoms with Crippen molar-refractivity contribution in [3.8, 4) is 0 Å². The third-order valence-electron chi connectivity index (χ3n) is 3.71. The molecule has 3 aromatic rings. The lowest BCUT2D eigenvalue weighted by atomic mass is 10.1. The zero-order valence-corrected chi connectivity index (χ0v) is 13.9. The van der Waals surface area contributed by atoms with Crippen molar-refractivity contribution in [2.75, 3.05) is 0 Å². The van der Waals surface area contributed by atoms with Gasteiger partial charge in [-0.25, -0.2) is 0 Å². The van der Waals surface area contributed by atoms with Gasteiger partial charge >= 0.3 is 6.18 Å². The quantitative estimate of drug-likeness (QED) is 0.651. The Labute approximate surface area is 150 Å². The van der Waals surface area contributed by atoms with Crippen LogP contribution < -0.4 is 0 Å². The van der Waals surface area contributed by atoms with Crippen LogP contribution in [0.3, 0.4) is 0 Å². The number of halogens is 5. The minimum Gasteiger partial charge on any atom is -0.364 e. The fraction of sp³-hybridized carbons (Fsp3) is 0.188. The molecule has 1 heterocycles. The minimum absolute atomic E-state index is 0.0487. The normalized spacial score (nSPS) is 12.3. The summed E-state index contributed by atoms with van der Waals surface area (Å²) in [7, 11) is 0. The van der Waals surface area contributed by atoms with Gasteiger partial charge in [-0.05, 0) is 18.2 Å². The molecule has 25 heavy (non-hydrogen) atoms. The molecule has 2 N–H and O–H groups in total. The van der Waals surface area contributed by atoms with E-state index in [1.807, 2.05) is 0 Å². The van der Waals surface area contributed by atoms with E-state index < -0.39 is 18.2 Å². The molecular formula is C16H11Cl2F3N2O2. The highest BCUT2D eigenvalue weighted by atomic mass is 35.5. The van der Waals surface area contributed by atoms with Gasteiger partial charge < -0.3 is 10.2 Å². The molecule has 0 atom stereocenters. The van der Waals surface area contributed by atoms with E-state index in [9.17, 15) is 23.4 Å². The van der Waals surface area contributed by atoms with E-state index in [1.54, 1.807) is 18.2 Å². The molecule has 132 valence electrons. The lowest BCUT2D eigenvalue weighted by Gasteiger charge is -2.09. The number of aromatic nitrogens is 2. The summed E-state index contributed by atoms with van der Waals surface area (Å²) in [5.74, 6) is 0. The van der Waals surface area contributed by atoms with Crippen molar-refractivity contribution in [1.82, 2.24) is 9.78 Å². The molecule has 0 fully saturated rings. The highest BCUT2D eigenvalue weighted by molar-refractivity contribution is 6.36. The van der Waals surface area contributed by atoms with Crippen molar-refractivity contribution in [1.29, 1.82) is 0 Å². The molecule has 3 rings (SSSR count). The van der Waals surface area contributed by atoms with Gasteiger partial charge in [-0.3, -0.25) is 4.68 Å². The standard InChI is InChI=1S/C16H11Cl2F3N2O2/c17-11-2-1-3-12(18)10(11)7-23-13-6-8(15(24)25)4-5-9(13)14(22-23)16(19,20)21/h1-6,15,24-25H,7H2. The molecule has 0 spiro atoms. The summed E-state index contributed by atoms with van der Waals surface area (Å²) in [6.45, 7) is -0.101. The molecule has 0 aliphatic rings. The van der Waals surface area contributed by atoms with Crippen LogP contribution in [0.15, 0.2) is 36.4 Å². The van der Waals surface area contributed by atoms with Crippen LogP contribution in [-0.4, -0.2) is 20.0 Å². The molecule has 0 amide bonds. The van der Waals surface area contributed by atoms with Crippen molar-refractivity contribution in [2.45, 2.75) is 19.0 Å². The average molecular weight is 391 g/mol. The first-order chi connectivity index (χ1) is 11.7. The summed E-state index contributed by atoms with van der Waals surface area (Å²) < 4.78 is 40.9. The van der Waals surface area contributed by atoms with Crippen LogP contribution in [0.25, 0.3) is 10.9 Å². The molecule has 0 aliphatic heterocycles. The summed E-state index contributed by atoms with van der Waals surface area (Å²) in [4.78, 5) is 0. The van der Waals surface area contributed by atoms with E-state index in [4.69, 9.17) is 23.2 Å². The first-order valence-electron chi connectivity index (χ1n) is 7.05. The second kappa shape index (κ2) is 6.49. The Hall–Kier alpha value is -1.80. The molecule has 4 nitrogen and oxygen atoms in total. The summed E-state index contributed by atoms with van der Waals surface area (Å²) in [6, 6.07) is 8.37. The number of aliphatic hydroxyl groups excluding tert-OH is 1. The van der Waals surface area contributed by atoms with E-state index >= 15 is 0 Å². The fourth-order valence-corrected chi connectivity index (χ4v) is 3.03. The van der Waals surface area contributed by atoms with Gasteiger partial charge in [0.15, 0.2) is 12.0 Å². The molecule has 0 unspecified atom stereocenters. The molecule has 0 saturated carbocycles. The van der Waals surface area contributed by atoms with Crippen LogP contribution in [0.1, 0.15) is 23.1 Å². The van der Waals surface area contributed by atoms with Crippen LogP contribution in [0, 0.1) is 0 Å². The number of fused-ring (bicyclic) bond motifs is 1. The van der Waals surface area contributed by atoms with E-state index in [0.717, 1.165) is 10.7 Å². The number of alkyl halides is 3. The van der Waals surface area contributed by atoms with Crippen molar-refractivity contribution >= 4 is 34.1 Å². The van der Waals surface area contributed by atoms with Crippen LogP contribution in [0.5, 0.6) is 0 Å². The maximum Gasteiger partial charge on any atom is 0.435 e. The number of hydrogen-bond acceptors (Lipinski definition) is 3. The summed E-state index contributed by atoms with van der Waals surface area (Å²) in [5, 5.41) is 22.6. The van der Waals surface area contributed by atoms with Gasteiger partial charge in [0.2, 0.25) is 0 Å². The van der Waals surface area contributed by atoms with E-state index in [1.165, 1.54) is 12.1 Å². The lowest BCUT2D eigenvalue weighted by molar-refractivity contribution is -0.140. The third-order valence-corrected chi connectivity index (χ3v) is 4.42. The first-order valence-corrected chi connectivity index (χ1v) is 7.80. The second-order valence-corrected chi connectivity index (χ2v) is 6.17. The molecular weight excluding hydrogens is 380 g/mol. The molecule has 9 heteroatoms. The Morgan fingerprint density at radius 1 is 1.08 bits per heavy atom. The van der Waals surface area contributed by atoms with Crippen LogP contribution in [-0.2, 0) is 12.7 Å². The van der Waals surface area contributed by atoms with Crippen LogP contribution in [0.4, 0.5) is 13.2 Å². The number of aliphatic hydroxyl groups is 2. The van der Waals surface area contributed by atoms with Crippen molar-refractivity contribution in [3.63, 3.8) is 0 Å². The predicted octanol–water partition coefficient (Wildman–Crippen LogP) is 4.39. The van der Waals surface area contributed by atoms with Gasteiger partial charge in [-0.15, -0.1) is 0 Å². The van der Waals surface area contributed by atoms with Gasteiger partial charge in [0.25, 0.3) is 0 Å². The van der Waals surface area contributed by atoms with Gasteiger partial charge in [0, 0.05) is 26.6 Å². The number of benzene rings is 2. The van der Waals surface area contributed by atoms with Crippen LogP contribution in [0.2, 0.25) is 10.0 Å². The summed E-state index contributed by atoms with van der Waals surface area (Å²) >= 11 is 12.2. The summed E-state index contributed by atoms with van der Waals surface area (Å²) in [6.07, 6.45) is -6.47. The Kier molecular flexibility index (Phi) is 4.68. The van der Waals surface area contributed by atoms with Crippen molar-refractivity contribution < 1.29 is 23.4 Å². The smallest absolute Gasteiger partial charge is 0.364 e. The highest BCUT2D eigenvalue weighted by Gasteiger charge is 2.37. The van der Waals surface area contributed by atoms with Crippen molar-refractivity contribution in [2.24, 2.45) is 0 Å². The third kappa shape index (κ3) is 3.46.